The number of rotatable bonds is 3. The topological polar surface area (TPSA) is 52.6 Å². The van der Waals surface area contributed by atoms with Gasteiger partial charge < -0.3 is 10.4 Å². The van der Waals surface area contributed by atoms with Gasteiger partial charge in [-0.2, -0.15) is 0 Å². The molecule has 1 amide bonds. The first kappa shape index (κ1) is 17.1. The molecular weight excluding hydrogens is 327 g/mol. The van der Waals surface area contributed by atoms with E-state index in [1.807, 2.05) is 24.6 Å². The third kappa shape index (κ3) is 3.36. The molecule has 2 aromatic rings. The summed E-state index contributed by atoms with van der Waals surface area (Å²) in [6.45, 7) is 2.51. The predicted molar refractivity (Wildman–Crippen MR) is 92.6 cm³/mol. The van der Waals surface area contributed by atoms with Crippen molar-refractivity contribution in [2.75, 3.05) is 13.6 Å². The Hall–Kier alpha value is -1.76. The van der Waals surface area contributed by atoms with E-state index in [1.165, 1.54) is 24.3 Å². The van der Waals surface area contributed by atoms with Crippen molar-refractivity contribution in [1.82, 2.24) is 10.2 Å². The maximum absolute atomic E-state index is 13.1. The van der Waals surface area contributed by atoms with Crippen molar-refractivity contribution >= 4 is 17.2 Å². The van der Waals surface area contributed by atoms with Gasteiger partial charge >= 0.3 is 0 Å². The van der Waals surface area contributed by atoms with Gasteiger partial charge in [-0.15, -0.1) is 11.3 Å². The molecule has 1 aliphatic rings. The molecule has 0 aliphatic carbocycles. The average molecular weight is 348 g/mol. The molecule has 3 unspecified atom stereocenters. The number of thiophene rings is 1. The van der Waals surface area contributed by atoms with Crippen molar-refractivity contribution in [3.63, 3.8) is 0 Å². The van der Waals surface area contributed by atoms with Crippen LogP contribution in [0.25, 0.3) is 0 Å². The van der Waals surface area contributed by atoms with Crippen LogP contribution in [-0.4, -0.2) is 41.1 Å². The highest BCUT2D eigenvalue weighted by atomic mass is 32.1. The van der Waals surface area contributed by atoms with E-state index >= 15 is 0 Å². The number of halogens is 1. The van der Waals surface area contributed by atoms with Gasteiger partial charge in [-0.05, 0) is 56.1 Å². The maximum Gasteiger partial charge on any atom is 0.251 e. The zero-order chi connectivity index (χ0) is 17.3. The Morgan fingerprint density at radius 3 is 2.71 bits per heavy atom. The van der Waals surface area contributed by atoms with E-state index in [9.17, 15) is 14.3 Å². The number of amides is 1. The maximum atomic E-state index is 13.1. The van der Waals surface area contributed by atoms with Crippen LogP contribution in [0.1, 0.15) is 34.6 Å². The predicted octanol–water partition coefficient (Wildman–Crippen LogP) is 2.81. The molecule has 24 heavy (non-hydrogen) atoms. The number of likely N-dealkylation sites (tertiary alicyclic amines) is 1. The number of hydrogen-bond acceptors (Lipinski definition) is 4. The van der Waals surface area contributed by atoms with E-state index in [-0.39, 0.29) is 17.8 Å². The molecule has 2 heterocycles. The van der Waals surface area contributed by atoms with Gasteiger partial charge in [0, 0.05) is 17.0 Å². The SMILES string of the molecule is CN1CCC(C)(O)C(NC(=O)c2ccc(F)cc2)C1c1cccs1. The summed E-state index contributed by atoms with van der Waals surface area (Å²) in [6.07, 6.45) is 0.569. The highest BCUT2D eigenvalue weighted by Crippen LogP contribution is 2.37. The summed E-state index contributed by atoms with van der Waals surface area (Å²) in [7, 11) is 2.00. The molecule has 0 spiro atoms. The lowest BCUT2D eigenvalue weighted by molar-refractivity contribution is -0.0558. The molecule has 2 N–H and O–H groups in total. The molecule has 0 radical (unpaired) electrons. The van der Waals surface area contributed by atoms with Gasteiger partial charge in [0.15, 0.2) is 0 Å². The van der Waals surface area contributed by atoms with E-state index in [4.69, 9.17) is 0 Å². The Kier molecular flexibility index (Phi) is 4.71. The van der Waals surface area contributed by atoms with Crippen molar-refractivity contribution in [3.8, 4) is 0 Å². The second kappa shape index (κ2) is 6.63. The van der Waals surface area contributed by atoms with Crippen LogP contribution in [0.5, 0.6) is 0 Å². The Labute approximate surface area is 144 Å². The Balaban J connectivity index is 1.88. The molecule has 0 saturated carbocycles. The minimum Gasteiger partial charge on any atom is -0.388 e. The highest BCUT2D eigenvalue weighted by molar-refractivity contribution is 7.10. The number of piperidine rings is 1. The summed E-state index contributed by atoms with van der Waals surface area (Å²) in [5.41, 5.74) is -0.637. The van der Waals surface area contributed by atoms with Crippen LogP contribution >= 0.6 is 11.3 Å². The molecule has 0 bridgehead atoms. The smallest absolute Gasteiger partial charge is 0.251 e. The monoisotopic (exact) mass is 348 g/mol. The molecule has 6 heteroatoms. The third-order valence-corrected chi connectivity index (χ3v) is 5.60. The lowest BCUT2D eigenvalue weighted by atomic mass is 9.82. The number of benzene rings is 1. The Morgan fingerprint density at radius 1 is 1.38 bits per heavy atom. The summed E-state index contributed by atoms with van der Waals surface area (Å²) in [6, 6.07) is 8.86. The number of nitrogens with one attached hydrogen (secondary N) is 1. The molecule has 1 saturated heterocycles. The third-order valence-electron chi connectivity index (χ3n) is 4.66. The Morgan fingerprint density at radius 2 is 2.08 bits per heavy atom. The molecule has 1 aromatic carbocycles. The molecule has 1 aromatic heterocycles. The van der Waals surface area contributed by atoms with Crippen molar-refractivity contribution in [3.05, 3.63) is 58.0 Å². The number of carbonyl (C=O) groups is 1. The van der Waals surface area contributed by atoms with Crippen LogP contribution in [0.15, 0.2) is 41.8 Å². The van der Waals surface area contributed by atoms with Crippen LogP contribution < -0.4 is 5.32 Å². The van der Waals surface area contributed by atoms with E-state index in [1.54, 1.807) is 18.3 Å². The largest absolute Gasteiger partial charge is 0.388 e. The van der Waals surface area contributed by atoms with Crippen molar-refractivity contribution < 1.29 is 14.3 Å². The minimum absolute atomic E-state index is 0.0989. The number of hydrogen-bond donors (Lipinski definition) is 2. The van der Waals surface area contributed by atoms with Gasteiger partial charge in [0.25, 0.3) is 5.91 Å². The molecule has 3 atom stereocenters. The molecule has 3 rings (SSSR count). The van der Waals surface area contributed by atoms with Gasteiger partial charge in [0.2, 0.25) is 0 Å². The number of aliphatic hydroxyl groups is 1. The quantitative estimate of drug-likeness (QED) is 0.897. The van der Waals surface area contributed by atoms with Crippen molar-refractivity contribution in [2.45, 2.75) is 31.0 Å². The summed E-state index contributed by atoms with van der Waals surface area (Å²) >= 11 is 1.61. The molecule has 1 aliphatic heterocycles. The molecule has 4 nitrogen and oxygen atoms in total. The van der Waals surface area contributed by atoms with Crippen LogP contribution in [-0.2, 0) is 0 Å². The molecule has 128 valence electrons. The van der Waals surface area contributed by atoms with Gasteiger partial charge in [-0.1, -0.05) is 6.07 Å². The van der Waals surface area contributed by atoms with E-state index in [2.05, 4.69) is 10.2 Å². The summed E-state index contributed by atoms with van der Waals surface area (Å²) < 4.78 is 13.1. The van der Waals surface area contributed by atoms with Crippen molar-refractivity contribution in [2.24, 2.45) is 0 Å². The first-order valence-electron chi connectivity index (χ1n) is 7.91. The van der Waals surface area contributed by atoms with Crippen LogP contribution in [0.4, 0.5) is 4.39 Å². The zero-order valence-electron chi connectivity index (χ0n) is 13.7. The Bertz CT molecular complexity index is 700. The van der Waals surface area contributed by atoms with Gasteiger partial charge in [0.1, 0.15) is 5.82 Å². The fraction of sp³-hybridized carbons (Fsp3) is 0.389. The average Bonchev–Trinajstić information content (AvgIpc) is 3.06. The first-order chi connectivity index (χ1) is 11.4. The second-order valence-corrected chi connectivity index (χ2v) is 7.49. The summed E-state index contributed by atoms with van der Waals surface area (Å²) in [5.74, 6) is -0.690. The summed E-state index contributed by atoms with van der Waals surface area (Å²) in [4.78, 5) is 15.8. The number of likely N-dealkylation sites (N-methyl/N-ethyl adjacent to an activating group) is 1. The van der Waals surface area contributed by atoms with E-state index < -0.39 is 11.6 Å². The standard InChI is InChI=1S/C18H21FN2O2S/c1-18(23)9-10-21(2)15(14-4-3-11-24-14)16(18)20-17(22)12-5-7-13(19)8-6-12/h3-8,11,15-16,23H,9-10H2,1-2H3,(H,20,22). The van der Waals surface area contributed by atoms with Crippen LogP contribution in [0.2, 0.25) is 0 Å². The van der Waals surface area contributed by atoms with Crippen LogP contribution in [0.3, 0.4) is 0 Å². The minimum atomic E-state index is -1.02. The zero-order valence-corrected chi connectivity index (χ0v) is 14.5. The number of carbonyl (C=O) groups excluding carboxylic acids is 1. The van der Waals surface area contributed by atoms with E-state index in [0.717, 1.165) is 11.4 Å². The van der Waals surface area contributed by atoms with Crippen LogP contribution in [0, 0.1) is 5.82 Å². The van der Waals surface area contributed by atoms with Gasteiger partial charge in [-0.25, -0.2) is 4.39 Å². The summed E-state index contributed by atoms with van der Waals surface area (Å²) in [5, 5.41) is 15.8. The first-order valence-corrected chi connectivity index (χ1v) is 8.79. The number of nitrogens with zero attached hydrogens (tertiary/aromatic N) is 1. The second-order valence-electron chi connectivity index (χ2n) is 6.51. The lowest BCUT2D eigenvalue weighted by Gasteiger charge is -2.47. The van der Waals surface area contributed by atoms with E-state index in [0.29, 0.717) is 12.0 Å². The molecule has 1 fully saturated rings. The lowest BCUT2D eigenvalue weighted by Crippen LogP contribution is -2.61. The highest BCUT2D eigenvalue weighted by Gasteiger charge is 2.45. The van der Waals surface area contributed by atoms with Gasteiger partial charge in [0.05, 0.1) is 17.7 Å². The molecular formula is C18H21FN2O2S. The fourth-order valence-electron chi connectivity index (χ4n) is 3.19. The normalized spacial score (nSPS) is 27.8. The van der Waals surface area contributed by atoms with Gasteiger partial charge in [-0.3, -0.25) is 9.69 Å². The fourth-order valence-corrected chi connectivity index (χ4v) is 4.12. The van der Waals surface area contributed by atoms with Crippen molar-refractivity contribution in [1.29, 1.82) is 0 Å².